The summed E-state index contributed by atoms with van der Waals surface area (Å²) in [5.41, 5.74) is 1.37. The Morgan fingerprint density at radius 1 is 1.17 bits per heavy atom. The number of para-hydroxylation sites is 1. The third-order valence-electron chi connectivity index (χ3n) is 3.16. The summed E-state index contributed by atoms with van der Waals surface area (Å²) in [6.07, 6.45) is 0. The second kappa shape index (κ2) is 6.40. The van der Waals surface area contributed by atoms with Gasteiger partial charge in [0.25, 0.3) is 0 Å². The van der Waals surface area contributed by atoms with Crippen molar-refractivity contribution in [1.82, 2.24) is 4.98 Å². The van der Waals surface area contributed by atoms with Gasteiger partial charge in [0, 0.05) is 5.56 Å². The fraction of sp³-hybridized carbons (Fsp3) is 0.0588. The summed E-state index contributed by atoms with van der Waals surface area (Å²) in [5, 5.41) is 10.3. The van der Waals surface area contributed by atoms with Crippen molar-refractivity contribution in [2.24, 2.45) is 0 Å². The largest absolute Gasteiger partial charge is 0.477 e. The van der Waals surface area contributed by atoms with Crippen molar-refractivity contribution in [2.75, 3.05) is 0 Å². The van der Waals surface area contributed by atoms with Gasteiger partial charge < -0.3 is 9.84 Å². The van der Waals surface area contributed by atoms with E-state index in [4.69, 9.17) is 21.4 Å². The number of benzene rings is 2. The van der Waals surface area contributed by atoms with Gasteiger partial charge in [-0.2, -0.15) is 0 Å². The summed E-state index contributed by atoms with van der Waals surface area (Å²) in [6, 6.07) is 14.5. The molecule has 0 spiro atoms. The van der Waals surface area contributed by atoms with Crippen LogP contribution in [-0.4, -0.2) is 16.1 Å². The molecule has 23 heavy (non-hydrogen) atoms. The molecule has 0 fully saturated rings. The highest BCUT2D eigenvalue weighted by Crippen LogP contribution is 2.32. The van der Waals surface area contributed by atoms with Crippen LogP contribution in [-0.2, 0) is 0 Å². The molecule has 0 saturated heterocycles. The molecule has 0 aliphatic rings. The predicted molar refractivity (Wildman–Crippen MR) is 90.8 cm³/mol. The summed E-state index contributed by atoms with van der Waals surface area (Å²) in [7, 11) is 0. The summed E-state index contributed by atoms with van der Waals surface area (Å²) < 4.78 is 5.72. The number of aromatic nitrogens is 1. The molecule has 0 aliphatic heterocycles. The lowest BCUT2D eigenvalue weighted by Gasteiger charge is -2.07. The second-order valence-electron chi connectivity index (χ2n) is 4.80. The number of aryl methyl sites for hydroxylation is 1. The van der Waals surface area contributed by atoms with E-state index in [9.17, 15) is 4.79 Å². The number of aromatic carboxylic acids is 1. The normalized spacial score (nSPS) is 10.5. The summed E-state index contributed by atoms with van der Waals surface area (Å²) in [5.74, 6) is 0.277. The van der Waals surface area contributed by atoms with Crippen LogP contribution in [0.3, 0.4) is 0 Å². The maximum absolute atomic E-state index is 11.1. The monoisotopic (exact) mass is 345 g/mol. The van der Waals surface area contributed by atoms with Gasteiger partial charge in [-0.05, 0) is 43.3 Å². The van der Waals surface area contributed by atoms with E-state index >= 15 is 0 Å². The number of nitrogens with zero attached hydrogens (tertiary/aromatic N) is 1. The number of carbonyl (C=O) groups is 1. The molecule has 6 heteroatoms. The SMILES string of the molecule is Cc1nc(-c2ccc(Oc3ccccc3Cl)cc2)sc1C(=O)O. The van der Waals surface area contributed by atoms with E-state index in [0.29, 0.717) is 27.2 Å². The van der Waals surface area contributed by atoms with Crippen LogP contribution < -0.4 is 4.74 Å². The van der Waals surface area contributed by atoms with Crippen molar-refractivity contribution < 1.29 is 14.6 Å². The minimum absolute atomic E-state index is 0.261. The van der Waals surface area contributed by atoms with Crippen molar-refractivity contribution in [3.63, 3.8) is 0 Å². The number of hydrogen-bond acceptors (Lipinski definition) is 4. The third-order valence-corrected chi connectivity index (χ3v) is 4.66. The molecule has 0 saturated carbocycles. The van der Waals surface area contributed by atoms with E-state index < -0.39 is 5.97 Å². The highest BCUT2D eigenvalue weighted by Gasteiger charge is 2.15. The van der Waals surface area contributed by atoms with Gasteiger partial charge in [0.05, 0.1) is 10.7 Å². The Kier molecular flexibility index (Phi) is 4.32. The van der Waals surface area contributed by atoms with Crippen LogP contribution in [0.15, 0.2) is 48.5 Å². The maximum atomic E-state index is 11.1. The second-order valence-corrected chi connectivity index (χ2v) is 6.20. The number of carboxylic acid groups (broad SMARTS) is 1. The molecular formula is C17H12ClNO3S. The zero-order valence-electron chi connectivity index (χ0n) is 12.1. The van der Waals surface area contributed by atoms with Crippen LogP contribution in [0.2, 0.25) is 5.02 Å². The Bertz CT molecular complexity index is 859. The molecule has 0 bridgehead atoms. The van der Waals surface area contributed by atoms with E-state index in [1.807, 2.05) is 24.3 Å². The summed E-state index contributed by atoms with van der Waals surface area (Å²) in [4.78, 5) is 15.7. The van der Waals surface area contributed by atoms with E-state index in [0.717, 1.165) is 16.9 Å². The van der Waals surface area contributed by atoms with Crippen molar-refractivity contribution in [1.29, 1.82) is 0 Å². The Hall–Kier alpha value is -2.37. The highest BCUT2D eigenvalue weighted by molar-refractivity contribution is 7.17. The predicted octanol–water partition coefficient (Wildman–Crippen LogP) is 5.26. The van der Waals surface area contributed by atoms with Crippen LogP contribution in [0.1, 0.15) is 15.4 Å². The number of thiazole rings is 1. The van der Waals surface area contributed by atoms with Crippen LogP contribution in [0.25, 0.3) is 10.6 Å². The Morgan fingerprint density at radius 2 is 1.87 bits per heavy atom. The van der Waals surface area contributed by atoms with Gasteiger partial charge in [-0.1, -0.05) is 23.7 Å². The minimum Gasteiger partial charge on any atom is -0.477 e. The molecule has 1 N–H and O–H groups in total. The zero-order valence-corrected chi connectivity index (χ0v) is 13.7. The van der Waals surface area contributed by atoms with Crippen LogP contribution in [0.4, 0.5) is 0 Å². The van der Waals surface area contributed by atoms with Gasteiger partial charge in [0.2, 0.25) is 0 Å². The maximum Gasteiger partial charge on any atom is 0.347 e. The topological polar surface area (TPSA) is 59.4 Å². The quantitative estimate of drug-likeness (QED) is 0.700. The molecule has 3 rings (SSSR count). The molecule has 0 aliphatic carbocycles. The van der Waals surface area contributed by atoms with Crippen molar-refractivity contribution >= 4 is 28.9 Å². The van der Waals surface area contributed by atoms with Crippen LogP contribution >= 0.6 is 22.9 Å². The third kappa shape index (κ3) is 3.36. The molecular weight excluding hydrogens is 334 g/mol. The van der Waals surface area contributed by atoms with E-state index in [-0.39, 0.29) is 4.88 Å². The summed E-state index contributed by atoms with van der Waals surface area (Å²) >= 11 is 7.22. The van der Waals surface area contributed by atoms with E-state index in [1.54, 1.807) is 31.2 Å². The average molecular weight is 346 g/mol. The highest BCUT2D eigenvalue weighted by atomic mass is 35.5. The molecule has 2 aromatic carbocycles. The molecule has 0 amide bonds. The molecule has 116 valence electrons. The van der Waals surface area contributed by atoms with Gasteiger partial charge in [0.15, 0.2) is 0 Å². The van der Waals surface area contributed by atoms with Gasteiger partial charge >= 0.3 is 5.97 Å². The fourth-order valence-electron chi connectivity index (χ4n) is 2.04. The first-order valence-corrected chi connectivity index (χ1v) is 7.97. The van der Waals surface area contributed by atoms with Gasteiger partial charge in [-0.15, -0.1) is 11.3 Å². The number of ether oxygens (including phenoxy) is 1. The van der Waals surface area contributed by atoms with Crippen molar-refractivity contribution in [2.45, 2.75) is 6.92 Å². The van der Waals surface area contributed by atoms with E-state index in [2.05, 4.69) is 4.98 Å². The standard InChI is InChI=1S/C17H12ClNO3S/c1-10-15(17(20)21)23-16(19-10)11-6-8-12(9-7-11)22-14-5-3-2-4-13(14)18/h2-9H,1H3,(H,20,21). The molecule has 4 nitrogen and oxygen atoms in total. The first-order chi connectivity index (χ1) is 11.0. The first-order valence-electron chi connectivity index (χ1n) is 6.78. The summed E-state index contributed by atoms with van der Waals surface area (Å²) in [6.45, 7) is 1.69. The van der Waals surface area contributed by atoms with Gasteiger partial charge in [-0.3, -0.25) is 0 Å². The fourth-order valence-corrected chi connectivity index (χ4v) is 3.12. The lowest BCUT2D eigenvalue weighted by Crippen LogP contribution is -1.94. The molecule has 0 atom stereocenters. The number of carboxylic acids is 1. The molecule has 0 radical (unpaired) electrons. The molecule has 0 unspecified atom stereocenters. The Labute approximate surface area is 142 Å². The zero-order chi connectivity index (χ0) is 16.4. The van der Waals surface area contributed by atoms with Gasteiger partial charge in [-0.25, -0.2) is 9.78 Å². The lowest BCUT2D eigenvalue weighted by atomic mass is 10.2. The Morgan fingerprint density at radius 3 is 2.48 bits per heavy atom. The number of halogens is 1. The number of hydrogen-bond donors (Lipinski definition) is 1. The Balaban J connectivity index is 1.84. The van der Waals surface area contributed by atoms with Crippen LogP contribution in [0.5, 0.6) is 11.5 Å². The molecule has 1 heterocycles. The van der Waals surface area contributed by atoms with Crippen LogP contribution in [0, 0.1) is 6.92 Å². The first kappa shape index (κ1) is 15.5. The minimum atomic E-state index is -0.954. The van der Waals surface area contributed by atoms with E-state index in [1.165, 1.54) is 0 Å². The smallest absolute Gasteiger partial charge is 0.347 e. The number of rotatable bonds is 4. The molecule has 3 aromatic rings. The molecule has 1 aromatic heterocycles. The van der Waals surface area contributed by atoms with Gasteiger partial charge in [0.1, 0.15) is 21.4 Å². The van der Waals surface area contributed by atoms with Crippen molar-refractivity contribution in [3.8, 4) is 22.1 Å². The lowest BCUT2D eigenvalue weighted by molar-refractivity contribution is 0.0701. The van der Waals surface area contributed by atoms with Crippen molar-refractivity contribution in [3.05, 3.63) is 64.1 Å². The average Bonchev–Trinajstić information content (AvgIpc) is 2.92.